The standard InChI is InChI=1S/C11H16N2O/c1-3-14-10-6-8(2)4-5-9(10)7-11(12)13/h4-6H,3,7H2,1-2H3,(H3,12,13). The summed E-state index contributed by atoms with van der Waals surface area (Å²) in [4.78, 5) is 0. The molecule has 0 radical (unpaired) electrons. The first-order chi connectivity index (χ1) is 6.63. The maximum absolute atomic E-state index is 7.24. The van der Waals surface area contributed by atoms with Gasteiger partial charge in [0.2, 0.25) is 0 Å². The van der Waals surface area contributed by atoms with Gasteiger partial charge in [-0.2, -0.15) is 0 Å². The molecule has 3 heteroatoms. The number of hydrogen-bond donors (Lipinski definition) is 2. The summed E-state index contributed by atoms with van der Waals surface area (Å²) in [6.45, 7) is 4.59. The second kappa shape index (κ2) is 4.65. The van der Waals surface area contributed by atoms with Crippen LogP contribution in [0.25, 0.3) is 0 Å². The molecule has 0 aliphatic rings. The van der Waals surface area contributed by atoms with Crippen LogP contribution in [0.2, 0.25) is 0 Å². The highest BCUT2D eigenvalue weighted by atomic mass is 16.5. The first-order valence-corrected chi connectivity index (χ1v) is 4.68. The van der Waals surface area contributed by atoms with Gasteiger partial charge in [-0.1, -0.05) is 12.1 Å². The molecule has 0 aromatic heterocycles. The average Bonchev–Trinajstić information content (AvgIpc) is 2.09. The lowest BCUT2D eigenvalue weighted by Crippen LogP contribution is -2.13. The van der Waals surface area contributed by atoms with E-state index in [9.17, 15) is 0 Å². The third-order valence-electron chi connectivity index (χ3n) is 1.90. The number of benzene rings is 1. The molecule has 0 saturated carbocycles. The van der Waals surface area contributed by atoms with E-state index in [1.807, 2.05) is 32.0 Å². The fraction of sp³-hybridized carbons (Fsp3) is 0.364. The first kappa shape index (κ1) is 10.6. The second-order valence-electron chi connectivity index (χ2n) is 3.25. The zero-order valence-electron chi connectivity index (χ0n) is 8.63. The van der Waals surface area contributed by atoms with Crippen LogP contribution in [0, 0.1) is 12.3 Å². The summed E-state index contributed by atoms with van der Waals surface area (Å²) < 4.78 is 5.47. The van der Waals surface area contributed by atoms with E-state index in [4.69, 9.17) is 15.9 Å². The minimum atomic E-state index is 0.162. The number of rotatable bonds is 4. The summed E-state index contributed by atoms with van der Waals surface area (Å²) in [5.41, 5.74) is 7.49. The average molecular weight is 192 g/mol. The van der Waals surface area contributed by atoms with Gasteiger partial charge in [-0.15, -0.1) is 0 Å². The van der Waals surface area contributed by atoms with Gasteiger partial charge in [0.25, 0.3) is 0 Å². The van der Waals surface area contributed by atoms with Crippen molar-refractivity contribution in [1.29, 1.82) is 5.41 Å². The molecule has 0 saturated heterocycles. The first-order valence-electron chi connectivity index (χ1n) is 4.68. The normalized spacial score (nSPS) is 9.86. The quantitative estimate of drug-likeness (QED) is 0.565. The molecule has 14 heavy (non-hydrogen) atoms. The van der Waals surface area contributed by atoms with E-state index in [0.717, 1.165) is 16.9 Å². The summed E-state index contributed by atoms with van der Waals surface area (Å²) in [5, 5.41) is 7.24. The molecule has 0 spiro atoms. The van der Waals surface area contributed by atoms with Crippen LogP contribution in [0.5, 0.6) is 5.75 Å². The van der Waals surface area contributed by atoms with Crippen molar-refractivity contribution in [2.75, 3.05) is 6.61 Å². The van der Waals surface area contributed by atoms with Crippen molar-refractivity contribution in [2.24, 2.45) is 5.73 Å². The molecule has 0 unspecified atom stereocenters. The Bertz CT molecular complexity index is 334. The van der Waals surface area contributed by atoms with Crippen LogP contribution in [-0.2, 0) is 6.42 Å². The predicted molar refractivity (Wildman–Crippen MR) is 58.0 cm³/mol. The van der Waals surface area contributed by atoms with Crippen molar-refractivity contribution in [2.45, 2.75) is 20.3 Å². The van der Waals surface area contributed by atoms with Gasteiger partial charge < -0.3 is 10.5 Å². The molecule has 1 aromatic rings. The van der Waals surface area contributed by atoms with Crippen molar-refractivity contribution in [1.82, 2.24) is 0 Å². The highest BCUT2D eigenvalue weighted by molar-refractivity contribution is 5.80. The van der Waals surface area contributed by atoms with E-state index in [0.29, 0.717) is 13.0 Å². The molecule has 0 amide bonds. The summed E-state index contributed by atoms with van der Waals surface area (Å²) in [5.74, 6) is 0.998. The van der Waals surface area contributed by atoms with E-state index < -0.39 is 0 Å². The van der Waals surface area contributed by atoms with Crippen LogP contribution in [0.15, 0.2) is 18.2 Å². The fourth-order valence-electron chi connectivity index (χ4n) is 1.30. The fourth-order valence-corrected chi connectivity index (χ4v) is 1.30. The number of hydrogen-bond acceptors (Lipinski definition) is 2. The lowest BCUT2D eigenvalue weighted by molar-refractivity contribution is 0.337. The lowest BCUT2D eigenvalue weighted by atomic mass is 10.1. The Morgan fingerprint density at radius 3 is 2.79 bits per heavy atom. The molecule has 0 bridgehead atoms. The minimum absolute atomic E-state index is 0.162. The van der Waals surface area contributed by atoms with Crippen LogP contribution in [0.3, 0.4) is 0 Å². The Hall–Kier alpha value is -1.51. The number of amidine groups is 1. The zero-order valence-corrected chi connectivity index (χ0v) is 8.63. The van der Waals surface area contributed by atoms with Crippen LogP contribution in [-0.4, -0.2) is 12.4 Å². The van der Waals surface area contributed by atoms with Gasteiger partial charge >= 0.3 is 0 Å². The third kappa shape index (κ3) is 2.76. The summed E-state index contributed by atoms with van der Waals surface area (Å²) in [7, 11) is 0. The molecule has 3 N–H and O–H groups in total. The van der Waals surface area contributed by atoms with Gasteiger partial charge in [0.1, 0.15) is 5.75 Å². The van der Waals surface area contributed by atoms with E-state index in [-0.39, 0.29) is 5.84 Å². The van der Waals surface area contributed by atoms with Crippen LogP contribution in [0.1, 0.15) is 18.1 Å². The Kier molecular flexibility index (Phi) is 3.51. The van der Waals surface area contributed by atoms with Crippen LogP contribution >= 0.6 is 0 Å². The molecule has 0 fully saturated rings. The van der Waals surface area contributed by atoms with Gasteiger partial charge in [0.05, 0.1) is 12.4 Å². The van der Waals surface area contributed by atoms with Crippen molar-refractivity contribution < 1.29 is 4.74 Å². The highest BCUT2D eigenvalue weighted by Gasteiger charge is 2.04. The largest absolute Gasteiger partial charge is 0.494 e. The van der Waals surface area contributed by atoms with Gasteiger partial charge in [0.15, 0.2) is 0 Å². The minimum Gasteiger partial charge on any atom is -0.494 e. The number of ether oxygens (including phenoxy) is 1. The Labute approximate surface area is 84.4 Å². The smallest absolute Gasteiger partial charge is 0.123 e. The van der Waals surface area contributed by atoms with E-state index >= 15 is 0 Å². The van der Waals surface area contributed by atoms with Gasteiger partial charge in [-0.3, -0.25) is 5.41 Å². The van der Waals surface area contributed by atoms with Crippen molar-refractivity contribution >= 4 is 5.84 Å². The van der Waals surface area contributed by atoms with Crippen LogP contribution in [0.4, 0.5) is 0 Å². The Balaban J connectivity index is 2.95. The topological polar surface area (TPSA) is 59.1 Å². The molecule has 3 nitrogen and oxygen atoms in total. The Morgan fingerprint density at radius 2 is 2.21 bits per heavy atom. The van der Waals surface area contributed by atoms with E-state index in [2.05, 4.69) is 0 Å². The molecule has 1 rings (SSSR count). The molecule has 0 aliphatic heterocycles. The highest BCUT2D eigenvalue weighted by Crippen LogP contribution is 2.20. The van der Waals surface area contributed by atoms with Gasteiger partial charge in [0, 0.05) is 12.0 Å². The van der Waals surface area contributed by atoms with Crippen molar-refractivity contribution in [3.8, 4) is 5.75 Å². The molecule has 76 valence electrons. The van der Waals surface area contributed by atoms with Gasteiger partial charge in [-0.05, 0) is 25.5 Å². The predicted octanol–water partition coefficient (Wildman–Crippen LogP) is 1.87. The molecular weight excluding hydrogens is 176 g/mol. The lowest BCUT2D eigenvalue weighted by Gasteiger charge is -2.10. The summed E-state index contributed by atoms with van der Waals surface area (Å²) >= 11 is 0. The number of nitrogens with one attached hydrogen (secondary N) is 1. The molecule has 1 aromatic carbocycles. The zero-order chi connectivity index (χ0) is 10.6. The molecular formula is C11H16N2O. The maximum Gasteiger partial charge on any atom is 0.123 e. The van der Waals surface area contributed by atoms with Crippen molar-refractivity contribution in [3.63, 3.8) is 0 Å². The second-order valence-corrected chi connectivity index (χ2v) is 3.25. The number of aryl methyl sites for hydroxylation is 1. The number of nitrogens with two attached hydrogens (primary N) is 1. The van der Waals surface area contributed by atoms with E-state index in [1.165, 1.54) is 0 Å². The maximum atomic E-state index is 7.24. The molecule has 0 aliphatic carbocycles. The Morgan fingerprint density at radius 1 is 1.50 bits per heavy atom. The van der Waals surface area contributed by atoms with Crippen LogP contribution < -0.4 is 10.5 Å². The third-order valence-corrected chi connectivity index (χ3v) is 1.90. The van der Waals surface area contributed by atoms with E-state index in [1.54, 1.807) is 0 Å². The monoisotopic (exact) mass is 192 g/mol. The van der Waals surface area contributed by atoms with Gasteiger partial charge in [-0.25, -0.2) is 0 Å². The molecule has 0 atom stereocenters. The molecule has 0 heterocycles. The summed E-state index contributed by atoms with van der Waals surface area (Å²) in [6, 6.07) is 5.93. The van der Waals surface area contributed by atoms with Crippen molar-refractivity contribution in [3.05, 3.63) is 29.3 Å². The summed E-state index contributed by atoms with van der Waals surface area (Å²) in [6.07, 6.45) is 0.454. The SMILES string of the molecule is CCOc1cc(C)ccc1CC(=N)N.